The van der Waals surface area contributed by atoms with E-state index >= 15 is 0 Å². The van der Waals surface area contributed by atoms with Crippen molar-refractivity contribution in [3.8, 4) is 0 Å². The van der Waals surface area contributed by atoms with Gasteiger partial charge in [0.15, 0.2) is 0 Å². The van der Waals surface area contributed by atoms with Crippen molar-refractivity contribution in [2.75, 3.05) is 25.5 Å². The van der Waals surface area contributed by atoms with E-state index in [1.807, 2.05) is 0 Å². The Morgan fingerprint density at radius 1 is 1.53 bits per heavy atom. The van der Waals surface area contributed by atoms with Crippen LogP contribution in [0.25, 0.3) is 0 Å². The molecule has 1 atom stereocenters. The fourth-order valence-corrected chi connectivity index (χ4v) is 2.14. The number of nitrogens with one attached hydrogen (secondary N) is 1. The summed E-state index contributed by atoms with van der Waals surface area (Å²) in [5.41, 5.74) is 0. The maximum absolute atomic E-state index is 10.9. The van der Waals surface area contributed by atoms with Crippen molar-refractivity contribution in [1.82, 2.24) is 10.2 Å². The summed E-state index contributed by atoms with van der Waals surface area (Å²) in [4.78, 5) is 13.4. The van der Waals surface area contributed by atoms with Gasteiger partial charge in [0.25, 0.3) is 0 Å². The molecule has 0 bridgehead atoms. The molecular formula is C11H21ClN2O. The Kier molecular flexibility index (Phi) is 6.03. The predicted molar refractivity (Wildman–Crippen MR) is 63.2 cm³/mol. The van der Waals surface area contributed by atoms with Crippen molar-refractivity contribution < 1.29 is 4.79 Å². The van der Waals surface area contributed by atoms with Crippen LogP contribution in [-0.2, 0) is 4.79 Å². The Morgan fingerprint density at radius 2 is 2.33 bits per heavy atom. The monoisotopic (exact) mass is 232 g/mol. The first kappa shape index (κ1) is 12.8. The second-order valence-electron chi connectivity index (χ2n) is 4.22. The zero-order valence-electron chi connectivity index (χ0n) is 9.47. The van der Waals surface area contributed by atoms with Crippen molar-refractivity contribution in [2.24, 2.45) is 0 Å². The van der Waals surface area contributed by atoms with Crippen molar-refractivity contribution in [2.45, 2.75) is 38.6 Å². The first-order valence-electron chi connectivity index (χ1n) is 5.80. The molecule has 1 aliphatic rings. The summed E-state index contributed by atoms with van der Waals surface area (Å²) in [5, 5.41) is 2.79. The highest BCUT2D eigenvalue weighted by Gasteiger charge is 2.16. The summed E-state index contributed by atoms with van der Waals surface area (Å²) in [5.74, 6) is 0.00323. The average molecular weight is 233 g/mol. The Morgan fingerprint density at radius 3 is 3.00 bits per heavy atom. The van der Waals surface area contributed by atoms with Crippen molar-refractivity contribution >= 4 is 17.5 Å². The summed E-state index contributed by atoms with van der Waals surface area (Å²) >= 11 is 5.38. The second kappa shape index (κ2) is 7.07. The SMILES string of the molecule is CC1CCCCN1CCCNC(=O)CCl. The van der Waals surface area contributed by atoms with Gasteiger partial charge >= 0.3 is 0 Å². The van der Waals surface area contributed by atoms with Crippen LogP contribution in [0.2, 0.25) is 0 Å². The maximum Gasteiger partial charge on any atom is 0.234 e. The minimum Gasteiger partial charge on any atom is -0.355 e. The maximum atomic E-state index is 10.9. The van der Waals surface area contributed by atoms with Gasteiger partial charge in [-0.2, -0.15) is 0 Å². The molecule has 1 aliphatic heterocycles. The lowest BCUT2D eigenvalue weighted by molar-refractivity contribution is -0.118. The molecule has 1 unspecified atom stereocenters. The van der Waals surface area contributed by atoms with Crippen LogP contribution >= 0.6 is 11.6 Å². The number of likely N-dealkylation sites (tertiary alicyclic amines) is 1. The highest BCUT2D eigenvalue weighted by Crippen LogP contribution is 2.15. The third-order valence-corrected chi connectivity index (χ3v) is 3.25. The summed E-state index contributed by atoms with van der Waals surface area (Å²) < 4.78 is 0. The van der Waals surface area contributed by atoms with E-state index in [4.69, 9.17) is 11.6 Å². The molecule has 1 fully saturated rings. The third kappa shape index (κ3) is 4.85. The van der Waals surface area contributed by atoms with Crippen molar-refractivity contribution in [1.29, 1.82) is 0 Å². The van der Waals surface area contributed by atoms with E-state index in [2.05, 4.69) is 17.1 Å². The zero-order chi connectivity index (χ0) is 11.1. The van der Waals surface area contributed by atoms with E-state index in [1.165, 1.54) is 25.8 Å². The number of hydrogen-bond acceptors (Lipinski definition) is 2. The van der Waals surface area contributed by atoms with Gasteiger partial charge in [0.05, 0.1) is 0 Å². The summed E-state index contributed by atoms with van der Waals surface area (Å²) in [6.45, 7) is 5.33. The number of carbonyl (C=O) groups is 1. The highest BCUT2D eigenvalue weighted by molar-refractivity contribution is 6.27. The molecule has 1 rings (SSSR count). The van der Waals surface area contributed by atoms with Crippen LogP contribution in [0.1, 0.15) is 32.6 Å². The Balaban J connectivity index is 2.06. The summed E-state index contributed by atoms with van der Waals surface area (Å²) in [7, 11) is 0. The quantitative estimate of drug-likeness (QED) is 0.577. The zero-order valence-corrected chi connectivity index (χ0v) is 10.2. The number of piperidine rings is 1. The van der Waals surface area contributed by atoms with Gasteiger partial charge in [0, 0.05) is 19.1 Å². The van der Waals surface area contributed by atoms with E-state index in [1.54, 1.807) is 0 Å². The second-order valence-corrected chi connectivity index (χ2v) is 4.49. The van der Waals surface area contributed by atoms with E-state index in [9.17, 15) is 4.79 Å². The topological polar surface area (TPSA) is 32.3 Å². The van der Waals surface area contributed by atoms with Gasteiger partial charge in [0.2, 0.25) is 5.91 Å². The molecule has 1 amide bonds. The number of nitrogens with zero attached hydrogens (tertiary/aromatic N) is 1. The van der Waals surface area contributed by atoms with E-state index in [-0.39, 0.29) is 11.8 Å². The molecule has 1 heterocycles. The minimum atomic E-state index is -0.0663. The number of carbonyl (C=O) groups excluding carboxylic acids is 1. The van der Waals surface area contributed by atoms with E-state index in [0.717, 1.165) is 19.5 Å². The van der Waals surface area contributed by atoms with Crippen LogP contribution in [0.4, 0.5) is 0 Å². The van der Waals surface area contributed by atoms with Crippen molar-refractivity contribution in [3.05, 3.63) is 0 Å². The normalized spacial score (nSPS) is 22.7. The molecule has 0 aliphatic carbocycles. The predicted octanol–water partition coefficient (Wildman–Crippen LogP) is 1.61. The van der Waals surface area contributed by atoms with Crippen LogP contribution in [0.15, 0.2) is 0 Å². The number of halogens is 1. The number of amides is 1. The minimum absolute atomic E-state index is 0.0663. The number of rotatable bonds is 5. The van der Waals surface area contributed by atoms with Gasteiger partial charge in [0.1, 0.15) is 5.88 Å². The molecule has 1 saturated heterocycles. The first-order valence-corrected chi connectivity index (χ1v) is 6.34. The van der Waals surface area contributed by atoms with Crippen LogP contribution < -0.4 is 5.32 Å². The molecule has 3 nitrogen and oxygen atoms in total. The summed E-state index contributed by atoms with van der Waals surface area (Å²) in [6.07, 6.45) is 5.01. The van der Waals surface area contributed by atoms with Crippen LogP contribution in [-0.4, -0.2) is 42.4 Å². The highest BCUT2D eigenvalue weighted by atomic mass is 35.5. The van der Waals surface area contributed by atoms with E-state index in [0.29, 0.717) is 6.04 Å². The lowest BCUT2D eigenvalue weighted by atomic mass is 10.0. The molecular weight excluding hydrogens is 212 g/mol. The summed E-state index contributed by atoms with van der Waals surface area (Å²) in [6, 6.07) is 0.711. The fourth-order valence-electron chi connectivity index (χ4n) is 2.05. The molecule has 1 N–H and O–H groups in total. The third-order valence-electron chi connectivity index (χ3n) is 3.01. The van der Waals surface area contributed by atoms with Crippen LogP contribution in [0.3, 0.4) is 0 Å². The molecule has 15 heavy (non-hydrogen) atoms. The molecule has 0 aromatic carbocycles. The largest absolute Gasteiger partial charge is 0.355 e. The van der Waals surface area contributed by atoms with Gasteiger partial charge in [-0.3, -0.25) is 4.79 Å². The molecule has 0 saturated carbocycles. The van der Waals surface area contributed by atoms with E-state index < -0.39 is 0 Å². The fraction of sp³-hybridized carbons (Fsp3) is 0.909. The molecule has 0 spiro atoms. The Bertz CT molecular complexity index is 199. The number of hydrogen-bond donors (Lipinski definition) is 1. The van der Waals surface area contributed by atoms with Crippen LogP contribution in [0.5, 0.6) is 0 Å². The number of alkyl halides is 1. The van der Waals surface area contributed by atoms with Gasteiger partial charge in [-0.25, -0.2) is 0 Å². The Labute approximate surface area is 97.2 Å². The van der Waals surface area contributed by atoms with Gasteiger partial charge in [-0.15, -0.1) is 11.6 Å². The molecule has 0 aromatic heterocycles. The van der Waals surface area contributed by atoms with Crippen molar-refractivity contribution in [3.63, 3.8) is 0 Å². The lowest BCUT2D eigenvalue weighted by Gasteiger charge is -2.33. The molecule has 4 heteroatoms. The molecule has 0 aromatic rings. The van der Waals surface area contributed by atoms with Gasteiger partial charge < -0.3 is 10.2 Å². The first-order chi connectivity index (χ1) is 7.24. The van der Waals surface area contributed by atoms with Crippen LogP contribution in [0, 0.1) is 0 Å². The average Bonchev–Trinajstić information content (AvgIpc) is 2.26. The van der Waals surface area contributed by atoms with Gasteiger partial charge in [-0.1, -0.05) is 6.42 Å². The lowest BCUT2D eigenvalue weighted by Crippen LogP contribution is -2.39. The Hall–Kier alpha value is -0.280. The molecule has 88 valence electrons. The standard InChI is InChI=1S/C11H21ClN2O/c1-10-5-2-3-7-14(10)8-4-6-13-11(15)9-12/h10H,2-9H2,1H3,(H,13,15). The smallest absolute Gasteiger partial charge is 0.234 e. The molecule has 0 radical (unpaired) electrons. The van der Waals surface area contributed by atoms with Gasteiger partial charge in [-0.05, 0) is 32.7 Å².